The summed E-state index contributed by atoms with van der Waals surface area (Å²) < 4.78 is 5.15. The van der Waals surface area contributed by atoms with Gasteiger partial charge < -0.3 is 20.7 Å². The van der Waals surface area contributed by atoms with E-state index in [1.165, 1.54) is 16.9 Å². The van der Waals surface area contributed by atoms with Crippen LogP contribution in [0.4, 0.5) is 11.4 Å². The van der Waals surface area contributed by atoms with Crippen LogP contribution >= 0.6 is 11.3 Å². The van der Waals surface area contributed by atoms with Crippen LogP contribution < -0.4 is 20.7 Å². The summed E-state index contributed by atoms with van der Waals surface area (Å²) in [5, 5.41) is 3.79. The second-order valence-corrected chi connectivity index (χ2v) is 8.46. The van der Waals surface area contributed by atoms with E-state index < -0.39 is 0 Å². The Bertz CT molecular complexity index is 1030. The van der Waals surface area contributed by atoms with Crippen molar-refractivity contribution in [3.05, 3.63) is 46.5 Å². The number of amides is 1. The normalized spacial score (nSPS) is 16.2. The van der Waals surface area contributed by atoms with E-state index in [0.717, 1.165) is 41.2 Å². The number of benzene rings is 1. The number of nitrogens with one attached hydrogen (secondary N) is 2. The SMILES string of the molecule is COc1ccc(NC(=O)c2sc3nc4c(cc3c2N)C[NH+](C(C)C)CC4)cc1. The number of hydrogen-bond acceptors (Lipinski definition) is 5. The number of anilines is 2. The molecule has 7 heteroatoms. The number of methoxy groups -OCH3 is 1. The van der Waals surface area contributed by atoms with Crippen LogP contribution in [0.2, 0.25) is 0 Å². The van der Waals surface area contributed by atoms with E-state index in [4.69, 9.17) is 15.5 Å². The minimum Gasteiger partial charge on any atom is -0.497 e. The maximum Gasteiger partial charge on any atom is 0.267 e. The lowest BCUT2D eigenvalue weighted by atomic mass is 10.0. The van der Waals surface area contributed by atoms with Crippen molar-refractivity contribution in [3.8, 4) is 5.75 Å². The van der Waals surface area contributed by atoms with E-state index in [1.54, 1.807) is 24.1 Å². The Morgan fingerprint density at radius 2 is 2.07 bits per heavy atom. The summed E-state index contributed by atoms with van der Waals surface area (Å²) in [5.41, 5.74) is 9.95. The number of thiophene rings is 1. The van der Waals surface area contributed by atoms with Gasteiger partial charge in [0.2, 0.25) is 0 Å². The largest absolute Gasteiger partial charge is 0.497 e. The highest BCUT2D eigenvalue weighted by Gasteiger charge is 2.25. The highest BCUT2D eigenvalue weighted by atomic mass is 32.1. The summed E-state index contributed by atoms with van der Waals surface area (Å²) in [6.45, 7) is 6.53. The number of pyridine rings is 1. The minimum absolute atomic E-state index is 0.210. The van der Waals surface area contributed by atoms with Crippen LogP contribution in [0.15, 0.2) is 30.3 Å². The number of rotatable bonds is 4. The van der Waals surface area contributed by atoms with Crippen molar-refractivity contribution < 1.29 is 14.4 Å². The first-order valence-electron chi connectivity index (χ1n) is 9.47. The van der Waals surface area contributed by atoms with Crippen LogP contribution in [0.3, 0.4) is 0 Å². The molecule has 1 amide bonds. The number of ether oxygens (including phenoxy) is 1. The predicted octanol–water partition coefficient (Wildman–Crippen LogP) is 2.49. The zero-order chi connectivity index (χ0) is 19.8. The molecular weight excluding hydrogens is 372 g/mol. The highest BCUT2D eigenvalue weighted by molar-refractivity contribution is 7.21. The van der Waals surface area contributed by atoms with Crippen molar-refractivity contribution in [1.29, 1.82) is 0 Å². The Morgan fingerprint density at radius 1 is 1.32 bits per heavy atom. The quantitative estimate of drug-likeness (QED) is 0.632. The molecular formula is C21H25N4O2S+. The summed E-state index contributed by atoms with van der Waals surface area (Å²) in [6.07, 6.45) is 0.962. The van der Waals surface area contributed by atoms with Gasteiger partial charge in [-0.3, -0.25) is 4.79 Å². The van der Waals surface area contributed by atoms with Gasteiger partial charge >= 0.3 is 0 Å². The van der Waals surface area contributed by atoms with Crippen LogP contribution in [0.25, 0.3) is 10.2 Å². The Kier molecular flexibility index (Phi) is 4.95. The molecule has 1 aliphatic heterocycles. The van der Waals surface area contributed by atoms with E-state index in [2.05, 4.69) is 25.2 Å². The van der Waals surface area contributed by atoms with E-state index >= 15 is 0 Å². The maximum atomic E-state index is 12.8. The molecule has 2 aromatic heterocycles. The molecule has 146 valence electrons. The molecule has 1 aliphatic rings. The molecule has 4 N–H and O–H groups in total. The van der Waals surface area contributed by atoms with Gasteiger partial charge in [0.25, 0.3) is 5.91 Å². The third kappa shape index (κ3) is 3.43. The van der Waals surface area contributed by atoms with Gasteiger partial charge in [-0.05, 0) is 44.2 Å². The van der Waals surface area contributed by atoms with Gasteiger partial charge in [0.1, 0.15) is 22.0 Å². The number of carbonyl (C=O) groups is 1. The maximum absolute atomic E-state index is 12.8. The fraction of sp³-hybridized carbons (Fsp3) is 0.333. The average Bonchev–Trinajstić information content (AvgIpc) is 3.02. The van der Waals surface area contributed by atoms with E-state index in [9.17, 15) is 4.79 Å². The molecule has 0 saturated carbocycles. The lowest BCUT2D eigenvalue weighted by molar-refractivity contribution is -0.936. The lowest BCUT2D eigenvalue weighted by Gasteiger charge is -2.28. The van der Waals surface area contributed by atoms with Crippen LogP contribution in [-0.2, 0) is 13.0 Å². The van der Waals surface area contributed by atoms with Gasteiger partial charge in [-0.15, -0.1) is 11.3 Å². The zero-order valence-electron chi connectivity index (χ0n) is 16.3. The monoisotopic (exact) mass is 397 g/mol. The summed E-state index contributed by atoms with van der Waals surface area (Å²) in [4.78, 5) is 20.5. The average molecular weight is 398 g/mol. The Morgan fingerprint density at radius 3 is 2.75 bits per heavy atom. The van der Waals surface area contributed by atoms with Crippen molar-refractivity contribution in [2.24, 2.45) is 0 Å². The number of carbonyl (C=O) groups excluding carboxylic acids is 1. The van der Waals surface area contributed by atoms with Crippen molar-refractivity contribution in [2.75, 3.05) is 24.7 Å². The van der Waals surface area contributed by atoms with Crippen molar-refractivity contribution in [1.82, 2.24) is 4.98 Å². The van der Waals surface area contributed by atoms with Gasteiger partial charge in [0.15, 0.2) is 0 Å². The molecule has 1 atom stereocenters. The van der Waals surface area contributed by atoms with Gasteiger partial charge in [0.05, 0.1) is 31.1 Å². The second-order valence-electron chi connectivity index (χ2n) is 7.46. The summed E-state index contributed by atoms with van der Waals surface area (Å²) in [7, 11) is 1.61. The van der Waals surface area contributed by atoms with Crippen LogP contribution in [0, 0.1) is 0 Å². The third-order valence-corrected chi connectivity index (χ3v) is 6.47. The second kappa shape index (κ2) is 7.41. The molecule has 4 rings (SSSR count). The van der Waals surface area contributed by atoms with Gasteiger partial charge in [-0.2, -0.15) is 0 Å². The molecule has 3 aromatic rings. The first-order chi connectivity index (χ1) is 13.5. The molecule has 0 radical (unpaired) electrons. The van der Waals surface area contributed by atoms with Crippen molar-refractivity contribution in [2.45, 2.75) is 32.9 Å². The number of nitrogens with zero attached hydrogens (tertiary/aromatic N) is 1. The molecule has 6 nitrogen and oxygen atoms in total. The van der Waals surface area contributed by atoms with E-state index in [0.29, 0.717) is 22.3 Å². The smallest absolute Gasteiger partial charge is 0.267 e. The minimum atomic E-state index is -0.210. The fourth-order valence-electron chi connectivity index (χ4n) is 3.62. The van der Waals surface area contributed by atoms with Crippen LogP contribution in [0.1, 0.15) is 34.8 Å². The Hall–Kier alpha value is -2.64. The van der Waals surface area contributed by atoms with E-state index in [1.807, 2.05) is 12.1 Å². The Labute approximate surface area is 168 Å². The first kappa shape index (κ1) is 18.7. The van der Waals surface area contributed by atoms with Crippen molar-refractivity contribution >= 4 is 38.8 Å². The zero-order valence-corrected chi connectivity index (χ0v) is 17.2. The number of aromatic nitrogens is 1. The highest BCUT2D eigenvalue weighted by Crippen LogP contribution is 2.34. The molecule has 1 unspecified atom stereocenters. The van der Waals surface area contributed by atoms with Gasteiger partial charge in [-0.25, -0.2) is 4.98 Å². The summed E-state index contributed by atoms with van der Waals surface area (Å²) in [6, 6.07) is 9.94. The van der Waals surface area contributed by atoms with Gasteiger partial charge in [-0.1, -0.05) is 0 Å². The molecule has 0 spiro atoms. The molecule has 0 saturated heterocycles. The number of fused-ring (bicyclic) bond motifs is 2. The number of nitrogens with two attached hydrogens (primary N) is 1. The van der Waals surface area contributed by atoms with Crippen LogP contribution in [0.5, 0.6) is 5.75 Å². The predicted molar refractivity (Wildman–Crippen MR) is 113 cm³/mol. The first-order valence-corrected chi connectivity index (χ1v) is 10.3. The number of hydrogen-bond donors (Lipinski definition) is 3. The lowest BCUT2D eigenvalue weighted by Crippen LogP contribution is -3.14. The molecule has 1 aromatic carbocycles. The number of quaternary nitrogens is 1. The van der Waals surface area contributed by atoms with E-state index in [-0.39, 0.29) is 5.91 Å². The summed E-state index contributed by atoms with van der Waals surface area (Å²) >= 11 is 1.36. The standard InChI is InChI=1S/C21H24N4O2S/c1-12(2)25-9-8-17-13(11-25)10-16-18(22)19(28-21(16)24-17)20(26)23-14-4-6-15(27-3)7-5-14/h4-7,10,12H,8-9,11,22H2,1-3H3,(H,23,26)/p+1. The van der Waals surface area contributed by atoms with Gasteiger partial charge in [0, 0.05) is 23.1 Å². The molecule has 0 bridgehead atoms. The summed E-state index contributed by atoms with van der Waals surface area (Å²) in [5.74, 6) is 0.532. The molecule has 3 heterocycles. The van der Waals surface area contributed by atoms with Crippen molar-refractivity contribution in [3.63, 3.8) is 0 Å². The van der Waals surface area contributed by atoms with Crippen LogP contribution in [-0.4, -0.2) is 30.6 Å². The number of nitrogen functional groups attached to an aromatic ring is 1. The third-order valence-electron chi connectivity index (χ3n) is 5.36. The molecule has 0 aliphatic carbocycles. The fourth-order valence-corrected chi connectivity index (χ4v) is 4.62. The molecule has 28 heavy (non-hydrogen) atoms. The Balaban J connectivity index is 1.63. The topological polar surface area (TPSA) is 81.7 Å². The molecule has 0 fully saturated rings.